The highest BCUT2D eigenvalue weighted by Crippen LogP contribution is 2.29. The standard InChI is InChI=1S/C21H12FNO3/c22-13-5-3-4-12(10-13)21(26)23-14-8-9-17-18(11-14)20(25)16-7-2-1-6-15(16)19(17)24/h1-11H,(H,23,26). The molecule has 1 aliphatic rings. The van der Waals surface area contributed by atoms with Gasteiger partial charge >= 0.3 is 0 Å². The summed E-state index contributed by atoms with van der Waals surface area (Å²) in [5, 5.41) is 2.63. The highest BCUT2D eigenvalue weighted by molar-refractivity contribution is 6.28. The molecule has 0 heterocycles. The SMILES string of the molecule is O=C(Nc1ccc2c(c1)C(=O)c1ccccc1C2=O)c1cccc(F)c1. The first-order chi connectivity index (χ1) is 12.5. The van der Waals surface area contributed by atoms with Crippen molar-refractivity contribution in [2.75, 3.05) is 5.32 Å². The van der Waals surface area contributed by atoms with Crippen molar-refractivity contribution in [2.45, 2.75) is 0 Å². The molecule has 4 rings (SSSR count). The third kappa shape index (κ3) is 2.59. The van der Waals surface area contributed by atoms with Gasteiger partial charge in [-0.15, -0.1) is 0 Å². The lowest BCUT2D eigenvalue weighted by Gasteiger charge is -2.18. The van der Waals surface area contributed by atoms with Gasteiger partial charge in [0.2, 0.25) is 0 Å². The van der Waals surface area contributed by atoms with Crippen molar-refractivity contribution in [3.8, 4) is 0 Å². The van der Waals surface area contributed by atoms with E-state index in [1.807, 2.05) is 0 Å². The normalized spacial score (nSPS) is 12.3. The van der Waals surface area contributed by atoms with E-state index in [2.05, 4.69) is 5.32 Å². The number of carbonyl (C=O) groups is 3. The smallest absolute Gasteiger partial charge is 0.255 e. The van der Waals surface area contributed by atoms with Crippen molar-refractivity contribution in [3.63, 3.8) is 0 Å². The molecule has 3 aromatic rings. The van der Waals surface area contributed by atoms with Gasteiger partial charge in [0, 0.05) is 33.5 Å². The lowest BCUT2D eigenvalue weighted by Crippen LogP contribution is -2.21. The Morgan fingerprint density at radius 3 is 2.08 bits per heavy atom. The topological polar surface area (TPSA) is 63.2 Å². The molecule has 0 atom stereocenters. The van der Waals surface area contributed by atoms with Gasteiger partial charge in [0.05, 0.1) is 0 Å². The molecule has 1 N–H and O–H groups in total. The van der Waals surface area contributed by atoms with E-state index in [1.54, 1.807) is 30.3 Å². The summed E-state index contributed by atoms with van der Waals surface area (Å²) < 4.78 is 13.3. The molecule has 1 aliphatic carbocycles. The van der Waals surface area contributed by atoms with Crippen LogP contribution in [0.5, 0.6) is 0 Å². The summed E-state index contributed by atoms with van der Waals surface area (Å²) in [6.45, 7) is 0. The molecule has 0 aromatic heterocycles. The zero-order valence-corrected chi connectivity index (χ0v) is 13.5. The summed E-state index contributed by atoms with van der Waals surface area (Å²) >= 11 is 0. The molecular formula is C21H12FNO3. The Kier molecular flexibility index (Phi) is 3.69. The zero-order chi connectivity index (χ0) is 18.3. The Balaban J connectivity index is 1.68. The summed E-state index contributed by atoms with van der Waals surface area (Å²) in [4.78, 5) is 37.5. The van der Waals surface area contributed by atoms with Gasteiger partial charge in [-0.2, -0.15) is 0 Å². The van der Waals surface area contributed by atoms with Gasteiger partial charge < -0.3 is 5.32 Å². The van der Waals surface area contributed by atoms with E-state index in [4.69, 9.17) is 0 Å². The maximum absolute atomic E-state index is 13.3. The molecule has 5 heteroatoms. The van der Waals surface area contributed by atoms with E-state index in [0.717, 1.165) is 6.07 Å². The monoisotopic (exact) mass is 345 g/mol. The molecule has 0 spiro atoms. The van der Waals surface area contributed by atoms with Crippen LogP contribution in [0.2, 0.25) is 0 Å². The van der Waals surface area contributed by atoms with Gasteiger partial charge in [-0.05, 0) is 36.4 Å². The number of carbonyl (C=O) groups excluding carboxylic acids is 3. The summed E-state index contributed by atoms with van der Waals surface area (Å²) in [5.74, 6) is -1.50. The molecule has 0 fully saturated rings. The van der Waals surface area contributed by atoms with E-state index in [1.165, 1.54) is 30.3 Å². The van der Waals surface area contributed by atoms with Crippen molar-refractivity contribution in [1.82, 2.24) is 0 Å². The first kappa shape index (κ1) is 15.9. The van der Waals surface area contributed by atoms with Gasteiger partial charge in [-0.25, -0.2) is 4.39 Å². The van der Waals surface area contributed by atoms with Gasteiger partial charge in [0.15, 0.2) is 11.6 Å². The second-order valence-electron chi connectivity index (χ2n) is 5.93. The molecule has 0 radical (unpaired) electrons. The first-order valence-corrected chi connectivity index (χ1v) is 7.94. The minimum absolute atomic E-state index is 0.162. The fraction of sp³-hybridized carbons (Fsp3) is 0. The second kappa shape index (κ2) is 6.04. The number of rotatable bonds is 2. The fourth-order valence-electron chi connectivity index (χ4n) is 3.01. The number of benzene rings is 3. The number of nitrogens with one attached hydrogen (secondary N) is 1. The van der Waals surface area contributed by atoms with E-state index < -0.39 is 11.7 Å². The molecule has 126 valence electrons. The zero-order valence-electron chi connectivity index (χ0n) is 13.5. The van der Waals surface area contributed by atoms with Crippen LogP contribution in [-0.2, 0) is 0 Å². The molecule has 0 bridgehead atoms. The Bertz CT molecular complexity index is 1090. The molecule has 26 heavy (non-hydrogen) atoms. The molecule has 0 unspecified atom stereocenters. The Morgan fingerprint density at radius 1 is 0.731 bits per heavy atom. The van der Waals surface area contributed by atoms with E-state index in [-0.39, 0.29) is 22.7 Å². The van der Waals surface area contributed by atoms with Crippen molar-refractivity contribution in [2.24, 2.45) is 0 Å². The lowest BCUT2D eigenvalue weighted by molar-refractivity contribution is 0.0979. The lowest BCUT2D eigenvalue weighted by atomic mass is 9.84. The van der Waals surface area contributed by atoms with Gasteiger partial charge in [-0.1, -0.05) is 30.3 Å². The van der Waals surface area contributed by atoms with Crippen molar-refractivity contribution in [1.29, 1.82) is 0 Å². The van der Waals surface area contributed by atoms with Crippen molar-refractivity contribution < 1.29 is 18.8 Å². The van der Waals surface area contributed by atoms with Crippen LogP contribution in [0.25, 0.3) is 0 Å². The Labute approximate surface area is 148 Å². The molecule has 0 saturated carbocycles. The number of fused-ring (bicyclic) bond motifs is 2. The fourth-order valence-corrected chi connectivity index (χ4v) is 3.01. The quantitative estimate of drug-likeness (QED) is 0.600. The van der Waals surface area contributed by atoms with Crippen molar-refractivity contribution >= 4 is 23.2 Å². The highest BCUT2D eigenvalue weighted by Gasteiger charge is 2.29. The van der Waals surface area contributed by atoms with E-state index in [9.17, 15) is 18.8 Å². The van der Waals surface area contributed by atoms with Crippen LogP contribution in [0, 0.1) is 5.82 Å². The van der Waals surface area contributed by atoms with Crippen LogP contribution in [0.15, 0.2) is 66.7 Å². The molecule has 0 aliphatic heterocycles. The molecule has 0 saturated heterocycles. The van der Waals surface area contributed by atoms with E-state index >= 15 is 0 Å². The maximum Gasteiger partial charge on any atom is 0.255 e. The second-order valence-corrected chi connectivity index (χ2v) is 5.93. The van der Waals surface area contributed by atoms with Crippen LogP contribution in [0.1, 0.15) is 42.2 Å². The van der Waals surface area contributed by atoms with Crippen LogP contribution < -0.4 is 5.32 Å². The number of hydrogen-bond acceptors (Lipinski definition) is 3. The summed E-state index contributed by atoms with van der Waals surface area (Å²) in [5.41, 5.74) is 1.79. The largest absolute Gasteiger partial charge is 0.322 e. The van der Waals surface area contributed by atoms with Gasteiger partial charge in [0.1, 0.15) is 5.82 Å². The first-order valence-electron chi connectivity index (χ1n) is 7.94. The Morgan fingerprint density at radius 2 is 1.38 bits per heavy atom. The number of halogens is 1. The van der Waals surface area contributed by atoms with Gasteiger partial charge in [-0.3, -0.25) is 14.4 Å². The summed E-state index contributed by atoms with van der Waals surface area (Å²) in [6.07, 6.45) is 0. The molecule has 4 nitrogen and oxygen atoms in total. The minimum Gasteiger partial charge on any atom is -0.322 e. The average Bonchev–Trinajstić information content (AvgIpc) is 2.66. The predicted octanol–water partition coefficient (Wildman–Crippen LogP) is 3.85. The van der Waals surface area contributed by atoms with Crippen molar-refractivity contribution in [3.05, 3.63) is 100 Å². The third-order valence-electron chi connectivity index (χ3n) is 4.27. The van der Waals surface area contributed by atoms with Crippen LogP contribution >= 0.6 is 0 Å². The molecule has 3 aromatic carbocycles. The minimum atomic E-state index is -0.513. The number of amides is 1. The summed E-state index contributed by atoms with van der Waals surface area (Å²) in [7, 11) is 0. The number of hydrogen-bond donors (Lipinski definition) is 1. The Hall–Kier alpha value is -3.60. The van der Waals surface area contributed by atoms with Crippen LogP contribution in [-0.4, -0.2) is 17.5 Å². The summed E-state index contributed by atoms with van der Waals surface area (Å²) in [6, 6.07) is 16.5. The van der Waals surface area contributed by atoms with Gasteiger partial charge in [0.25, 0.3) is 5.91 Å². The number of ketones is 2. The van der Waals surface area contributed by atoms with Crippen LogP contribution in [0.3, 0.4) is 0 Å². The molecular weight excluding hydrogens is 333 g/mol. The van der Waals surface area contributed by atoms with E-state index in [0.29, 0.717) is 22.4 Å². The maximum atomic E-state index is 13.3. The molecule has 1 amide bonds. The average molecular weight is 345 g/mol. The van der Waals surface area contributed by atoms with Crippen LogP contribution in [0.4, 0.5) is 10.1 Å². The number of anilines is 1. The third-order valence-corrected chi connectivity index (χ3v) is 4.27. The predicted molar refractivity (Wildman–Crippen MR) is 94.1 cm³/mol. The highest BCUT2D eigenvalue weighted by atomic mass is 19.1.